The van der Waals surface area contributed by atoms with Gasteiger partial charge in [0.2, 0.25) is 0 Å². The first-order valence-corrected chi connectivity index (χ1v) is 9.00. The first-order chi connectivity index (χ1) is 10.6. The van der Waals surface area contributed by atoms with Crippen molar-refractivity contribution in [2.24, 2.45) is 0 Å². The number of nitrogens with one attached hydrogen (secondary N) is 1. The van der Waals surface area contributed by atoms with Crippen molar-refractivity contribution in [2.45, 2.75) is 39.7 Å². The van der Waals surface area contributed by atoms with Crippen molar-refractivity contribution >= 4 is 27.5 Å². The molecule has 1 fully saturated rings. The van der Waals surface area contributed by atoms with Gasteiger partial charge in [-0.3, -0.25) is 9.69 Å². The molecule has 0 atom stereocenters. The second-order valence-corrected chi connectivity index (χ2v) is 7.53. The van der Waals surface area contributed by atoms with Crippen molar-refractivity contribution in [1.29, 1.82) is 0 Å². The summed E-state index contributed by atoms with van der Waals surface area (Å²) in [6.07, 6.45) is 3.60. The molecule has 1 aliphatic heterocycles. The van der Waals surface area contributed by atoms with E-state index >= 15 is 0 Å². The molecule has 2 aromatic heterocycles. The van der Waals surface area contributed by atoms with Gasteiger partial charge in [-0.2, -0.15) is 0 Å². The summed E-state index contributed by atoms with van der Waals surface area (Å²) < 4.78 is 1.21. The Morgan fingerprint density at radius 2 is 2.14 bits per heavy atom. The second kappa shape index (κ2) is 6.42. The van der Waals surface area contributed by atoms with Crippen LogP contribution in [0.25, 0.3) is 10.2 Å². The molecule has 5 heteroatoms. The van der Waals surface area contributed by atoms with Gasteiger partial charge in [-0.1, -0.05) is 6.92 Å². The maximum Gasteiger partial charge on any atom is 0.270 e. The summed E-state index contributed by atoms with van der Waals surface area (Å²) in [7, 11) is 1.87. The van der Waals surface area contributed by atoms with Crippen LogP contribution in [0.2, 0.25) is 0 Å². The fourth-order valence-corrected chi connectivity index (χ4v) is 4.33. The van der Waals surface area contributed by atoms with E-state index in [4.69, 9.17) is 0 Å². The molecule has 22 heavy (non-hydrogen) atoms. The van der Waals surface area contributed by atoms with Crippen molar-refractivity contribution in [3.8, 4) is 0 Å². The minimum Gasteiger partial charge on any atom is -0.350 e. The number of amides is 1. The van der Waals surface area contributed by atoms with Gasteiger partial charge in [-0.05, 0) is 45.3 Å². The Labute approximate surface area is 136 Å². The van der Waals surface area contributed by atoms with Crippen LogP contribution in [0.5, 0.6) is 0 Å². The third kappa shape index (κ3) is 2.92. The fourth-order valence-electron chi connectivity index (χ4n) is 3.26. The van der Waals surface area contributed by atoms with Crippen LogP contribution in [0.3, 0.4) is 0 Å². The number of aromatic amines is 1. The molecule has 1 N–H and O–H groups in total. The molecule has 3 heterocycles. The maximum atomic E-state index is 12.4. The summed E-state index contributed by atoms with van der Waals surface area (Å²) in [5.74, 6) is 0.0926. The molecule has 0 aromatic carbocycles. The molecule has 4 nitrogen and oxygen atoms in total. The number of likely N-dealkylation sites (tertiary alicyclic amines) is 1. The Morgan fingerprint density at radius 3 is 2.82 bits per heavy atom. The van der Waals surface area contributed by atoms with Crippen LogP contribution in [-0.2, 0) is 6.54 Å². The van der Waals surface area contributed by atoms with Crippen LogP contribution in [0.15, 0.2) is 6.07 Å². The van der Waals surface area contributed by atoms with Gasteiger partial charge < -0.3 is 9.88 Å². The van der Waals surface area contributed by atoms with Crippen molar-refractivity contribution in [3.05, 3.63) is 22.2 Å². The summed E-state index contributed by atoms with van der Waals surface area (Å²) >= 11 is 1.80. The largest absolute Gasteiger partial charge is 0.350 e. The lowest BCUT2D eigenvalue weighted by molar-refractivity contribution is 0.0790. The van der Waals surface area contributed by atoms with Gasteiger partial charge in [0, 0.05) is 30.6 Å². The fraction of sp³-hybridized carbons (Fsp3) is 0.588. The highest BCUT2D eigenvalue weighted by atomic mass is 32.1. The van der Waals surface area contributed by atoms with Gasteiger partial charge in [0.15, 0.2) is 0 Å². The lowest BCUT2D eigenvalue weighted by Gasteiger charge is -2.15. The molecular weight excluding hydrogens is 294 g/mol. The van der Waals surface area contributed by atoms with Gasteiger partial charge >= 0.3 is 0 Å². The maximum absolute atomic E-state index is 12.4. The number of aromatic nitrogens is 1. The lowest BCUT2D eigenvalue weighted by atomic mass is 10.2. The third-order valence-corrected chi connectivity index (χ3v) is 5.58. The van der Waals surface area contributed by atoms with Gasteiger partial charge in [0.25, 0.3) is 5.91 Å². The smallest absolute Gasteiger partial charge is 0.270 e. The van der Waals surface area contributed by atoms with Crippen LogP contribution in [-0.4, -0.2) is 47.4 Å². The van der Waals surface area contributed by atoms with Crippen LogP contribution < -0.4 is 0 Å². The van der Waals surface area contributed by atoms with Crippen LogP contribution in [0.4, 0.5) is 0 Å². The first-order valence-electron chi connectivity index (χ1n) is 8.19. The number of thiophene rings is 1. The van der Waals surface area contributed by atoms with E-state index in [9.17, 15) is 4.79 Å². The first kappa shape index (κ1) is 15.6. The molecule has 120 valence electrons. The number of carbonyl (C=O) groups is 1. The topological polar surface area (TPSA) is 39.3 Å². The van der Waals surface area contributed by atoms with E-state index in [1.165, 1.54) is 46.6 Å². The van der Waals surface area contributed by atoms with Crippen molar-refractivity contribution < 1.29 is 4.79 Å². The molecule has 0 radical (unpaired) electrons. The van der Waals surface area contributed by atoms with E-state index in [2.05, 4.69) is 23.7 Å². The predicted molar refractivity (Wildman–Crippen MR) is 92.7 cm³/mol. The molecule has 0 unspecified atom stereocenters. The zero-order chi connectivity index (χ0) is 15.7. The second-order valence-electron chi connectivity index (χ2n) is 6.27. The molecule has 0 saturated carbocycles. The SMILES string of the molecule is CCCN(C)C(=O)c1cc2sc(C)c(CN3CCCC3)c2[nH]1. The van der Waals surface area contributed by atoms with E-state index < -0.39 is 0 Å². The van der Waals surface area contributed by atoms with Crippen LogP contribution >= 0.6 is 11.3 Å². The van der Waals surface area contributed by atoms with Crippen molar-refractivity contribution in [1.82, 2.24) is 14.8 Å². The molecule has 0 aliphatic carbocycles. The molecule has 1 saturated heterocycles. The average Bonchev–Trinajstić information content (AvgIpc) is 3.18. The summed E-state index contributed by atoms with van der Waals surface area (Å²) in [5, 5.41) is 0. The molecule has 1 aliphatic rings. The lowest BCUT2D eigenvalue weighted by Crippen LogP contribution is -2.27. The van der Waals surface area contributed by atoms with E-state index in [1.54, 1.807) is 16.2 Å². The van der Waals surface area contributed by atoms with Gasteiger partial charge in [0.1, 0.15) is 5.69 Å². The Hall–Kier alpha value is -1.33. The Morgan fingerprint density at radius 1 is 1.41 bits per heavy atom. The number of aryl methyl sites for hydroxylation is 1. The molecule has 3 rings (SSSR count). The predicted octanol–water partition coefficient (Wildman–Crippen LogP) is 3.62. The molecule has 1 amide bonds. The Kier molecular flexibility index (Phi) is 4.54. The minimum absolute atomic E-state index is 0.0926. The standard InChI is InChI=1S/C17H25N3OS/c1-4-7-19(3)17(21)14-10-15-16(18-14)13(12(2)22-15)11-20-8-5-6-9-20/h10,18H,4-9,11H2,1-3H3. The number of H-pyrrole nitrogens is 1. The average molecular weight is 319 g/mol. The van der Waals surface area contributed by atoms with Crippen molar-refractivity contribution in [2.75, 3.05) is 26.7 Å². The Bertz CT molecular complexity index is 667. The van der Waals surface area contributed by atoms with Crippen molar-refractivity contribution in [3.63, 3.8) is 0 Å². The monoisotopic (exact) mass is 319 g/mol. The van der Waals surface area contributed by atoms with E-state index in [0.717, 1.165) is 25.2 Å². The van der Waals surface area contributed by atoms with E-state index in [0.29, 0.717) is 0 Å². The van der Waals surface area contributed by atoms with E-state index in [-0.39, 0.29) is 5.91 Å². The highest BCUT2D eigenvalue weighted by molar-refractivity contribution is 7.19. The number of carbonyl (C=O) groups excluding carboxylic acids is 1. The summed E-state index contributed by atoms with van der Waals surface area (Å²) in [5.41, 5.74) is 3.27. The van der Waals surface area contributed by atoms with Crippen LogP contribution in [0.1, 0.15) is 47.1 Å². The number of hydrogen-bond donors (Lipinski definition) is 1. The highest BCUT2D eigenvalue weighted by Gasteiger charge is 2.20. The van der Waals surface area contributed by atoms with Gasteiger partial charge in [-0.25, -0.2) is 0 Å². The molecule has 2 aromatic rings. The zero-order valence-electron chi connectivity index (χ0n) is 13.7. The van der Waals surface area contributed by atoms with Gasteiger partial charge in [0.05, 0.1) is 10.2 Å². The molecule has 0 bridgehead atoms. The minimum atomic E-state index is 0.0926. The molecule has 0 spiro atoms. The summed E-state index contributed by atoms with van der Waals surface area (Å²) in [6.45, 7) is 8.48. The van der Waals surface area contributed by atoms with Crippen LogP contribution in [0, 0.1) is 6.92 Å². The number of rotatable bonds is 5. The quantitative estimate of drug-likeness (QED) is 0.914. The summed E-state index contributed by atoms with van der Waals surface area (Å²) in [6, 6.07) is 2.02. The number of hydrogen-bond acceptors (Lipinski definition) is 3. The number of nitrogens with zero attached hydrogens (tertiary/aromatic N) is 2. The Balaban J connectivity index is 1.86. The number of fused-ring (bicyclic) bond motifs is 1. The molecular formula is C17H25N3OS. The summed E-state index contributed by atoms with van der Waals surface area (Å²) in [4.78, 5) is 21.5. The van der Waals surface area contributed by atoms with E-state index in [1.807, 2.05) is 13.1 Å². The highest BCUT2D eigenvalue weighted by Crippen LogP contribution is 2.33. The normalized spacial score (nSPS) is 15.8. The third-order valence-electron chi connectivity index (χ3n) is 4.49. The van der Waals surface area contributed by atoms with Gasteiger partial charge in [-0.15, -0.1) is 11.3 Å². The zero-order valence-corrected chi connectivity index (χ0v) is 14.6.